The van der Waals surface area contributed by atoms with Gasteiger partial charge in [-0.25, -0.2) is 0 Å². The number of hydrogen-bond donors (Lipinski definition) is 1. The summed E-state index contributed by atoms with van der Waals surface area (Å²) in [6, 6.07) is 29.2. The number of piperidine rings is 1. The van der Waals surface area contributed by atoms with Gasteiger partial charge in [-0.3, -0.25) is 4.79 Å². The van der Waals surface area contributed by atoms with E-state index in [1.807, 2.05) is 91.0 Å². The van der Waals surface area contributed by atoms with Crippen LogP contribution in [0.2, 0.25) is 0 Å². The van der Waals surface area contributed by atoms with Gasteiger partial charge in [-0.1, -0.05) is 91.0 Å². The van der Waals surface area contributed by atoms with Gasteiger partial charge in [-0.15, -0.1) is 0 Å². The zero-order valence-electron chi connectivity index (χ0n) is 18.0. The second-order valence-corrected chi connectivity index (χ2v) is 8.08. The molecule has 0 unspecified atom stereocenters. The van der Waals surface area contributed by atoms with E-state index in [9.17, 15) is 9.90 Å². The molecule has 1 fully saturated rings. The van der Waals surface area contributed by atoms with Crippen molar-refractivity contribution < 1.29 is 19.4 Å². The Balaban J connectivity index is 1.52. The molecule has 1 heterocycles. The van der Waals surface area contributed by atoms with Crippen LogP contribution in [0.1, 0.15) is 23.1 Å². The monoisotopic (exact) mass is 431 g/mol. The van der Waals surface area contributed by atoms with Gasteiger partial charge in [-0.2, -0.15) is 0 Å². The summed E-state index contributed by atoms with van der Waals surface area (Å²) in [6.07, 6.45) is -0.650. The molecule has 0 saturated carbocycles. The molecule has 0 bridgehead atoms. The fraction of sp³-hybridized carbons (Fsp3) is 0.296. The number of aliphatic hydroxyl groups excluding tert-OH is 1. The van der Waals surface area contributed by atoms with Crippen molar-refractivity contribution in [2.75, 3.05) is 6.61 Å². The lowest BCUT2D eigenvalue weighted by molar-refractivity contribution is -0.176. The Kier molecular flexibility index (Phi) is 7.67. The third-order valence-corrected chi connectivity index (χ3v) is 5.80. The zero-order chi connectivity index (χ0) is 22.2. The third-order valence-electron chi connectivity index (χ3n) is 5.80. The minimum Gasteiger partial charge on any atom is -0.394 e. The number of carbonyl (C=O) groups excluding carboxylic acids is 1. The van der Waals surface area contributed by atoms with Gasteiger partial charge in [0, 0.05) is 6.54 Å². The van der Waals surface area contributed by atoms with Crippen molar-refractivity contribution in [1.82, 2.24) is 4.90 Å². The zero-order valence-corrected chi connectivity index (χ0v) is 18.0. The van der Waals surface area contributed by atoms with E-state index in [2.05, 4.69) is 0 Å². The number of ether oxygens (including phenoxy) is 2. The Morgan fingerprint density at radius 3 is 1.78 bits per heavy atom. The predicted octanol–water partition coefficient (Wildman–Crippen LogP) is 3.95. The number of amides is 1. The Hall–Kier alpha value is -2.99. The van der Waals surface area contributed by atoms with Crippen molar-refractivity contribution in [3.8, 4) is 0 Å². The molecule has 3 aromatic carbocycles. The van der Waals surface area contributed by atoms with Crippen molar-refractivity contribution >= 4 is 5.91 Å². The third kappa shape index (κ3) is 5.62. The Bertz CT molecular complexity index is 965. The maximum Gasteiger partial charge on any atom is 0.255 e. The van der Waals surface area contributed by atoms with E-state index in [0.29, 0.717) is 26.2 Å². The number of benzene rings is 3. The standard InChI is InChI=1S/C27H29NO4/c29-18-24-16-25(31-19-22-12-6-2-7-13-22)26(32-20-23-14-8-3-9-15-23)27(30)28(24)17-21-10-4-1-5-11-21/h1-15,24-26,29H,16-20H2/t24-,25+,26+/m0/s1. The van der Waals surface area contributed by atoms with Crippen LogP contribution in [0.15, 0.2) is 91.0 Å². The predicted molar refractivity (Wildman–Crippen MR) is 123 cm³/mol. The van der Waals surface area contributed by atoms with Crippen LogP contribution in [-0.4, -0.2) is 40.8 Å². The van der Waals surface area contributed by atoms with Crippen LogP contribution in [0.25, 0.3) is 0 Å². The van der Waals surface area contributed by atoms with Crippen LogP contribution < -0.4 is 0 Å². The normalized spacial score (nSPS) is 21.0. The van der Waals surface area contributed by atoms with E-state index in [1.54, 1.807) is 4.90 Å². The highest BCUT2D eigenvalue weighted by atomic mass is 16.5. The van der Waals surface area contributed by atoms with E-state index in [-0.39, 0.29) is 18.6 Å². The average molecular weight is 432 g/mol. The molecule has 32 heavy (non-hydrogen) atoms. The quantitative estimate of drug-likeness (QED) is 0.557. The summed E-state index contributed by atoms with van der Waals surface area (Å²) in [5.74, 6) is -0.145. The molecule has 5 heteroatoms. The second kappa shape index (κ2) is 11.0. The van der Waals surface area contributed by atoms with Gasteiger partial charge in [0.05, 0.1) is 32.0 Å². The molecule has 0 radical (unpaired) electrons. The first-order valence-corrected chi connectivity index (χ1v) is 11.0. The average Bonchev–Trinajstić information content (AvgIpc) is 2.85. The van der Waals surface area contributed by atoms with E-state index >= 15 is 0 Å². The Labute approximate surface area is 189 Å². The summed E-state index contributed by atoms with van der Waals surface area (Å²) in [4.78, 5) is 15.3. The number of aliphatic hydroxyl groups is 1. The molecule has 0 spiro atoms. The lowest BCUT2D eigenvalue weighted by atomic mass is 9.95. The Morgan fingerprint density at radius 1 is 0.750 bits per heavy atom. The first-order chi connectivity index (χ1) is 15.7. The van der Waals surface area contributed by atoms with E-state index in [4.69, 9.17) is 9.47 Å². The summed E-state index contributed by atoms with van der Waals surface area (Å²) in [5, 5.41) is 10.1. The molecule has 166 valence electrons. The van der Waals surface area contributed by atoms with Crippen LogP contribution >= 0.6 is 0 Å². The molecule has 3 aromatic rings. The van der Waals surface area contributed by atoms with Gasteiger partial charge in [0.2, 0.25) is 0 Å². The molecule has 1 N–H and O–H groups in total. The van der Waals surface area contributed by atoms with Crippen LogP contribution in [0.3, 0.4) is 0 Å². The summed E-state index contributed by atoms with van der Waals surface area (Å²) >= 11 is 0. The van der Waals surface area contributed by atoms with Gasteiger partial charge in [0.15, 0.2) is 6.10 Å². The molecular formula is C27H29NO4. The maximum atomic E-state index is 13.6. The number of hydrogen-bond acceptors (Lipinski definition) is 4. The number of nitrogens with zero attached hydrogens (tertiary/aromatic N) is 1. The highest BCUT2D eigenvalue weighted by Gasteiger charge is 2.43. The van der Waals surface area contributed by atoms with Crippen molar-refractivity contribution in [2.45, 2.75) is 44.4 Å². The molecule has 0 aliphatic carbocycles. The largest absolute Gasteiger partial charge is 0.394 e. The first-order valence-electron chi connectivity index (χ1n) is 11.0. The van der Waals surface area contributed by atoms with Crippen LogP contribution in [0.4, 0.5) is 0 Å². The second-order valence-electron chi connectivity index (χ2n) is 8.08. The fourth-order valence-electron chi connectivity index (χ4n) is 4.05. The SMILES string of the molecule is O=C1[C@H](OCc2ccccc2)[C@H](OCc2ccccc2)C[C@@H](CO)N1Cc1ccccc1. The molecule has 1 saturated heterocycles. The first kappa shape index (κ1) is 22.2. The van der Waals surface area contributed by atoms with Crippen LogP contribution in [0.5, 0.6) is 0 Å². The van der Waals surface area contributed by atoms with Gasteiger partial charge >= 0.3 is 0 Å². The molecule has 3 atom stereocenters. The minimum absolute atomic E-state index is 0.116. The molecule has 1 aliphatic heterocycles. The molecule has 0 aromatic heterocycles. The molecular weight excluding hydrogens is 402 g/mol. The van der Waals surface area contributed by atoms with Crippen LogP contribution in [0, 0.1) is 0 Å². The summed E-state index contributed by atoms with van der Waals surface area (Å²) in [6.45, 7) is 1.03. The van der Waals surface area contributed by atoms with Crippen molar-refractivity contribution in [1.29, 1.82) is 0 Å². The lowest BCUT2D eigenvalue weighted by Crippen LogP contribution is -2.58. The van der Waals surface area contributed by atoms with Gasteiger partial charge in [-0.05, 0) is 23.1 Å². The van der Waals surface area contributed by atoms with Gasteiger partial charge in [0.1, 0.15) is 0 Å². The lowest BCUT2D eigenvalue weighted by Gasteiger charge is -2.42. The summed E-state index contributed by atoms with van der Waals surface area (Å²) in [7, 11) is 0. The fourth-order valence-corrected chi connectivity index (χ4v) is 4.05. The van der Waals surface area contributed by atoms with Gasteiger partial charge < -0.3 is 19.5 Å². The van der Waals surface area contributed by atoms with Crippen molar-refractivity contribution in [2.24, 2.45) is 0 Å². The number of rotatable bonds is 9. The summed E-state index contributed by atoms with van der Waals surface area (Å²) in [5.41, 5.74) is 3.06. The highest BCUT2D eigenvalue weighted by Crippen LogP contribution is 2.27. The van der Waals surface area contributed by atoms with Crippen molar-refractivity contribution in [3.05, 3.63) is 108 Å². The minimum atomic E-state index is -0.731. The van der Waals surface area contributed by atoms with Gasteiger partial charge in [0.25, 0.3) is 5.91 Å². The maximum absolute atomic E-state index is 13.6. The molecule has 4 rings (SSSR count). The summed E-state index contributed by atoms with van der Waals surface area (Å²) < 4.78 is 12.3. The number of likely N-dealkylation sites (tertiary alicyclic amines) is 1. The topological polar surface area (TPSA) is 59.0 Å². The van der Waals surface area contributed by atoms with E-state index in [1.165, 1.54) is 0 Å². The Morgan fingerprint density at radius 2 is 1.25 bits per heavy atom. The van der Waals surface area contributed by atoms with E-state index in [0.717, 1.165) is 16.7 Å². The van der Waals surface area contributed by atoms with E-state index < -0.39 is 12.2 Å². The highest BCUT2D eigenvalue weighted by molar-refractivity contribution is 5.83. The van der Waals surface area contributed by atoms with Crippen LogP contribution in [-0.2, 0) is 34.0 Å². The molecule has 1 amide bonds. The smallest absolute Gasteiger partial charge is 0.255 e. The van der Waals surface area contributed by atoms with Crippen molar-refractivity contribution in [3.63, 3.8) is 0 Å². The number of carbonyl (C=O) groups is 1. The molecule has 5 nitrogen and oxygen atoms in total. The molecule has 1 aliphatic rings.